The molecule has 0 radical (unpaired) electrons. The molecule has 0 bridgehead atoms. The lowest BCUT2D eigenvalue weighted by Gasteiger charge is -2.08. The average Bonchev–Trinajstić information content (AvgIpc) is 2.58. The van der Waals surface area contributed by atoms with E-state index in [2.05, 4.69) is 49.7 Å². The number of aryl methyl sites for hydroxylation is 1. The fourth-order valence-corrected chi connectivity index (χ4v) is 2.41. The van der Waals surface area contributed by atoms with Crippen molar-refractivity contribution in [2.45, 2.75) is 60.4 Å². The molecule has 104 valence electrons. The summed E-state index contributed by atoms with van der Waals surface area (Å²) in [6.07, 6.45) is 3.67. The van der Waals surface area contributed by atoms with E-state index in [0.29, 0.717) is 0 Å². The highest BCUT2D eigenvalue weighted by Crippen LogP contribution is 2.12. The van der Waals surface area contributed by atoms with E-state index in [1.54, 1.807) is 0 Å². The molecule has 0 saturated carbocycles. The Balaban J connectivity index is 2.27. The van der Waals surface area contributed by atoms with E-state index in [-0.39, 0.29) is 0 Å². The molecule has 0 unspecified atom stereocenters. The third-order valence-corrected chi connectivity index (χ3v) is 3.52. The molecule has 0 saturated heterocycles. The van der Waals surface area contributed by atoms with Gasteiger partial charge in [0.05, 0.1) is 12.2 Å². The first-order valence-corrected chi connectivity index (χ1v) is 7.29. The summed E-state index contributed by atoms with van der Waals surface area (Å²) < 4.78 is 2.14. The number of nitrogens with zero attached hydrogens (tertiary/aromatic N) is 2. The van der Waals surface area contributed by atoms with E-state index in [4.69, 9.17) is 0 Å². The molecule has 0 aliphatic carbocycles. The second-order valence-electron chi connectivity index (χ2n) is 5.51. The van der Waals surface area contributed by atoms with E-state index in [9.17, 15) is 0 Å². The third-order valence-electron chi connectivity index (χ3n) is 3.52. The van der Waals surface area contributed by atoms with Crippen molar-refractivity contribution < 1.29 is 0 Å². The van der Waals surface area contributed by atoms with Gasteiger partial charge in [0, 0.05) is 12.2 Å². The molecular weight excluding hydrogens is 222 g/mol. The third kappa shape index (κ3) is 4.45. The first kappa shape index (κ1) is 15.2. The first-order valence-electron chi connectivity index (χ1n) is 7.29. The lowest BCUT2D eigenvalue weighted by atomic mass is 10.1. The molecule has 0 fully saturated rings. The van der Waals surface area contributed by atoms with Gasteiger partial charge in [-0.25, -0.2) is 0 Å². The monoisotopic (exact) mass is 251 g/mol. The van der Waals surface area contributed by atoms with Crippen LogP contribution in [0.25, 0.3) is 0 Å². The summed E-state index contributed by atoms with van der Waals surface area (Å²) in [6, 6.07) is 0. The van der Waals surface area contributed by atoms with E-state index < -0.39 is 0 Å². The van der Waals surface area contributed by atoms with Gasteiger partial charge in [0.25, 0.3) is 0 Å². The number of nitrogens with one attached hydrogen (secondary N) is 1. The zero-order valence-corrected chi connectivity index (χ0v) is 12.7. The highest BCUT2D eigenvalue weighted by atomic mass is 15.3. The Morgan fingerprint density at radius 3 is 2.50 bits per heavy atom. The predicted molar refractivity (Wildman–Crippen MR) is 78.0 cm³/mol. The molecule has 18 heavy (non-hydrogen) atoms. The normalized spacial score (nSPS) is 11.4. The van der Waals surface area contributed by atoms with Gasteiger partial charge >= 0.3 is 0 Å². The van der Waals surface area contributed by atoms with Crippen molar-refractivity contribution in [3.8, 4) is 0 Å². The molecule has 0 aliphatic heterocycles. The van der Waals surface area contributed by atoms with Crippen molar-refractivity contribution in [3.05, 3.63) is 17.0 Å². The van der Waals surface area contributed by atoms with Crippen molar-refractivity contribution >= 4 is 0 Å². The minimum atomic E-state index is 0.815. The molecule has 1 aromatic heterocycles. The maximum absolute atomic E-state index is 4.60. The smallest absolute Gasteiger partial charge is 0.0628 e. The zero-order chi connectivity index (χ0) is 13.5. The van der Waals surface area contributed by atoms with Crippen LogP contribution < -0.4 is 5.32 Å². The summed E-state index contributed by atoms with van der Waals surface area (Å²) in [5.41, 5.74) is 3.93. The highest BCUT2D eigenvalue weighted by molar-refractivity contribution is 5.24. The topological polar surface area (TPSA) is 29.9 Å². The maximum atomic E-state index is 4.60. The molecule has 1 heterocycles. The fraction of sp³-hybridized carbons (Fsp3) is 0.800. The SMILES string of the molecule is CCc1c(C)nn(CCNCCCC(C)C)c1C. The number of hydrogen-bond acceptors (Lipinski definition) is 2. The van der Waals surface area contributed by atoms with Crippen molar-refractivity contribution in [1.82, 2.24) is 15.1 Å². The molecule has 0 amide bonds. The van der Waals surface area contributed by atoms with Crippen LogP contribution >= 0.6 is 0 Å². The number of aromatic nitrogens is 2. The Kier molecular flexibility index (Phi) is 6.41. The van der Waals surface area contributed by atoms with Gasteiger partial charge < -0.3 is 5.32 Å². The largest absolute Gasteiger partial charge is 0.315 e. The van der Waals surface area contributed by atoms with Crippen LogP contribution in [-0.2, 0) is 13.0 Å². The van der Waals surface area contributed by atoms with Crippen molar-refractivity contribution in [2.75, 3.05) is 13.1 Å². The second kappa shape index (κ2) is 7.57. The molecule has 0 aromatic carbocycles. The second-order valence-corrected chi connectivity index (χ2v) is 5.51. The quantitative estimate of drug-likeness (QED) is 0.720. The summed E-state index contributed by atoms with van der Waals surface area (Å²) in [5.74, 6) is 0.815. The van der Waals surface area contributed by atoms with Crippen LogP contribution in [0.15, 0.2) is 0 Å². The van der Waals surface area contributed by atoms with Crippen LogP contribution in [-0.4, -0.2) is 22.9 Å². The fourth-order valence-electron chi connectivity index (χ4n) is 2.41. The summed E-state index contributed by atoms with van der Waals surface area (Å²) in [5, 5.41) is 8.11. The Bertz CT molecular complexity index is 353. The number of rotatable bonds is 8. The molecule has 3 nitrogen and oxygen atoms in total. The summed E-state index contributed by atoms with van der Waals surface area (Å²) in [7, 11) is 0. The Morgan fingerprint density at radius 1 is 1.22 bits per heavy atom. The minimum Gasteiger partial charge on any atom is -0.315 e. The van der Waals surface area contributed by atoms with E-state index >= 15 is 0 Å². The molecule has 3 heteroatoms. The molecule has 0 atom stereocenters. The predicted octanol–water partition coefficient (Wildman–Crippen LogP) is 3.09. The standard InChI is InChI=1S/C15H29N3/c1-6-15-13(4)17-18(14(15)5)11-10-16-9-7-8-12(2)3/h12,16H,6-11H2,1-5H3. The minimum absolute atomic E-state index is 0.815. The van der Waals surface area contributed by atoms with Crippen LogP contribution in [0.4, 0.5) is 0 Å². The maximum Gasteiger partial charge on any atom is 0.0628 e. The Hall–Kier alpha value is -0.830. The van der Waals surface area contributed by atoms with Gasteiger partial charge in [0.1, 0.15) is 0 Å². The van der Waals surface area contributed by atoms with Gasteiger partial charge in [-0.05, 0) is 51.1 Å². The molecule has 0 spiro atoms. The van der Waals surface area contributed by atoms with Gasteiger partial charge in [0.15, 0.2) is 0 Å². The van der Waals surface area contributed by atoms with Gasteiger partial charge in [-0.2, -0.15) is 5.10 Å². The highest BCUT2D eigenvalue weighted by Gasteiger charge is 2.08. The zero-order valence-electron chi connectivity index (χ0n) is 12.7. The number of hydrogen-bond donors (Lipinski definition) is 1. The Morgan fingerprint density at radius 2 is 1.94 bits per heavy atom. The van der Waals surface area contributed by atoms with Crippen LogP contribution in [0.3, 0.4) is 0 Å². The van der Waals surface area contributed by atoms with Crippen LogP contribution in [0.5, 0.6) is 0 Å². The molecule has 1 N–H and O–H groups in total. The van der Waals surface area contributed by atoms with Crippen LogP contribution in [0.1, 0.15) is 50.6 Å². The summed E-state index contributed by atoms with van der Waals surface area (Å²) in [4.78, 5) is 0. The molecular formula is C15H29N3. The van der Waals surface area contributed by atoms with Gasteiger partial charge in [-0.1, -0.05) is 20.8 Å². The van der Waals surface area contributed by atoms with E-state index in [0.717, 1.165) is 32.0 Å². The Labute approximate surface area is 112 Å². The van der Waals surface area contributed by atoms with E-state index in [1.165, 1.54) is 29.8 Å². The lowest BCUT2D eigenvalue weighted by Crippen LogP contribution is -2.22. The van der Waals surface area contributed by atoms with Crippen LogP contribution in [0, 0.1) is 19.8 Å². The molecule has 0 aliphatic rings. The van der Waals surface area contributed by atoms with Gasteiger partial charge in [-0.15, -0.1) is 0 Å². The van der Waals surface area contributed by atoms with Crippen molar-refractivity contribution in [3.63, 3.8) is 0 Å². The summed E-state index contributed by atoms with van der Waals surface area (Å²) in [6.45, 7) is 14.2. The van der Waals surface area contributed by atoms with Gasteiger partial charge in [-0.3, -0.25) is 4.68 Å². The van der Waals surface area contributed by atoms with Crippen molar-refractivity contribution in [2.24, 2.45) is 5.92 Å². The van der Waals surface area contributed by atoms with E-state index in [1.807, 2.05) is 0 Å². The summed E-state index contributed by atoms with van der Waals surface area (Å²) >= 11 is 0. The molecule has 1 aromatic rings. The lowest BCUT2D eigenvalue weighted by molar-refractivity contribution is 0.500. The molecule has 1 rings (SSSR count). The van der Waals surface area contributed by atoms with Gasteiger partial charge in [0.2, 0.25) is 0 Å². The average molecular weight is 251 g/mol. The van der Waals surface area contributed by atoms with Crippen molar-refractivity contribution in [1.29, 1.82) is 0 Å². The van der Waals surface area contributed by atoms with Crippen LogP contribution in [0.2, 0.25) is 0 Å². The first-order chi connectivity index (χ1) is 8.56.